The van der Waals surface area contributed by atoms with E-state index in [-0.39, 0.29) is 18.4 Å². The zero-order chi connectivity index (χ0) is 8.97. The number of ether oxygens (including phenoxy) is 1. The highest BCUT2D eigenvalue weighted by molar-refractivity contribution is 5.89. The Kier molecular flexibility index (Phi) is 5.11. The highest BCUT2D eigenvalue weighted by Crippen LogP contribution is 2.04. The molecule has 0 aliphatic heterocycles. The first kappa shape index (κ1) is 11.9. The molecule has 0 aliphatic rings. The van der Waals surface area contributed by atoms with Gasteiger partial charge in [0.2, 0.25) is 0 Å². The van der Waals surface area contributed by atoms with Crippen molar-refractivity contribution in [2.45, 2.75) is 6.54 Å². The van der Waals surface area contributed by atoms with E-state index in [0.717, 1.165) is 5.56 Å². The zero-order valence-electron chi connectivity index (χ0n) is 7.29. The summed E-state index contributed by atoms with van der Waals surface area (Å²) in [6.45, 7) is 0.488. The summed E-state index contributed by atoms with van der Waals surface area (Å²) in [5, 5.41) is 0. The van der Waals surface area contributed by atoms with Crippen molar-refractivity contribution in [1.29, 1.82) is 0 Å². The second-order valence-electron chi connectivity index (χ2n) is 2.39. The minimum absolute atomic E-state index is 0. The van der Waals surface area contributed by atoms with Crippen molar-refractivity contribution in [1.82, 2.24) is 0 Å². The third-order valence-electron chi connectivity index (χ3n) is 1.61. The van der Waals surface area contributed by atoms with E-state index < -0.39 is 0 Å². The first-order chi connectivity index (χ1) is 5.77. The molecular weight excluding hydrogens is 190 g/mol. The van der Waals surface area contributed by atoms with Gasteiger partial charge in [0.15, 0.2) is 0 Å². The van der Waals surface area contributed by atoms with Crippen LogP contribution < -0.4 is 18.1 Å². The number of nitrogens with two attached hydrogens (primary N) is 1. The number of hydrogen-bond acceptors (Lipinski definition) is 3. The Balaban J connectivity index is 0.00000144. The van der Waals surface area contributed by atoms with Gasteiger partial charge in [-0.05, 0) is 17.7 Å². The molecule has 0 spiro atoms. The summed E-state index contributed by atoms with van der Waals surface area (Å²) in [5.74, 6) is -0.321. The average Bonchev–Trinajstić information content (AvgIpc) is 2.17. The number of halogens is 1. The largest absolute Gasteiger partial charge is 1.00 e. The summed E-state index contributed by atoms with van der Waals surface area (Å²) in [5.41, 5.74) is 6.95. The lowest BCUT2D eigenvalue weighted by molar-refractivity contribution is -0.0000172. The van der Waals surface area contributed by atoms with Gasteiger partial charge in [0.05, 0.1) is 12.7 Å². The average molecular weight is 201 g/mol. The quantitative estimate of drug-likeness (QED) is 0.559. The molecule has 0 amide bonds. The van der Waals surface area contributed by atoms with E-state index >= 15 is 0 Å². The van der Waals surface area contributed by atoms with Crippen molar-refractivity contribution in [3.05, 3.63) is 35.4 Å². The van der Waals surface area contributed by atoms with Crippen LogP contribution in [-0.4, -0.2) is 13.1 Å². The number of esters is 1. The van der Waals surface area contributed by atoms with Gasteiger partial charge in [-0.1, -0.05) is 12.1 Å². The number of methoxy groups -OCH3 is 1. The lowest BCUT2D eigenvalue weighted by atomic mass is 10.1. The number of hydrogen-bond donors (Lipinski definition) is 1. The standard InChI is InChI=1S/C9H11NO2.ClH/c1-12-9(11)8-4-2-7(6-10)3-5-8;/h2-5H,6,10H2,1H3;1H/p-1. The van der Waals surface area contributed by atoms with E-state index in [2.05, 4.69) is 4.74 Å². The van der Waals surface area contributed by atoms with E-state index in [9.17, 15) is 4.79 Å². The SMILES string of the molecule is COC(=O)c1ccc(CN)cc1.[Cl-]. The van der Waals surface area contributed by atoms with Gasteiger partial charge in [0, 0.05) is 6.54 Å². The summed E-state index contributed by atoms with van der Waals surface area (Å²) < 4.78 is 4.54. The maximum Gasteiger partial charge on any atom is 0.337 e. The molecule has 1 rings (SSSR count). The summed E-state index contributed by atoms with van der Waals surface area (Å²) in [6.07, 6.45) is 0. The first-order valence-electron chi connectivity index (χ1n) is 3.65. The molecule has 0 bridgehead atoms. The van der Waals surface area contributed by atoms with Crippen molar-refractivity contribution in [2.75, 3.05) is 7.11 Å². The van der Waals surface area contributed by atoms with Crippen molar-refractivity contribution < 1.29 is 21.9 Å². The van der Waals surface area contributed by atoms with Crippen LogP contribution >= 0.6 is 0 Å². The molecule has 0 radical (unpaired) electrons. The van der Waals surface area contributed by atoms with E-state index in [4.69, 9.17) is 5.73 Å². The van der Waals surface area contributed by atoms with Gasteiger partial charge in [-0.3, -0.25) is 0 Å². The summed E-state index contributed by atoms with van der Waals surface area (Å²) >= 11 is 0. The van der Waals surface area contributed by atoms with E-state index in [0.29, 0.717) is 12.1 Å². The fraction of sp³-hybridized carbons (Fsp3) is 0.222. The summed E-state index contributed by atoms with van der Waals surface area (Å²) in [6, 6.07) is 7.03. The monoisotopic (exact) mass is 200 g/mol. The molecule has 72 valence electrons. The minimum atomic E-state index is -0.321. The Morgan fingerprint density at radius 1 is 1.38 bits per heavy atom. The van der Waals surface area contributed by atoms with Gasteiger partial charge < -0.3 is 22.9 Å². The predicted octanol–water partition coefficient (Wildman–Crippen LogP) is -2.06. The van der Waals surface area contributed by atoms with Gasteiger partial charge in [0.1, 0.15) is 0 Å². The van der Waals surface area contributed by atoms with Crippen LogP contribution in [0.4, 0.5) is 0 Å². The van der Waals surface area contributed by atoms with Crippen LogP contribution in [0.15, 0.2) is 24.3 Å². The predicted molar refractivity (Wildman–Crippen MR) is 45.7 cm³/mol. The lowest BCUT2D eigenvalue weighted by Gasteiger charge is -1.99. The van der Waals surface area contributed by atoms with Crippen molar-refractivity contribution in [2.24, 2.45) is 5.73 Å². The molecule has 2 N–H and O–H groups in total. The molecule has 13 heavy (non-hydrogen) atoms. The molecule has 0 atom stereocenters. The number of benzene rings is 1. The van der Waals surface area contributed by atoms with E-state index in [1.165, 1.54) is 7.11 Å². The maximum atomic E-state index is 11.0. The second-order valence-corrected chi connectivity index (χ2v) is 2.39. The molecule has 0 heterocycles. The van der Waals surface area contributed by atoms with Gasteiger partial charge in [-0.2, -0.15) is 0 Å². The number of rotatable bonds is 2. The Morgan fingerprint density at radius 3 is 2.31 bits per heavy atom. The first-order valence-corrected chi connectivity index (χ1v) is 3.65. The summed E-state index contributed by atoms with van der Waals surface area (Å²) in [7, 11) is 1.36. The third-order valence-corrected chi connectivity index (χ3v) is 1.61. The molecule has 0 saturated carbocycles. The minimum Gasteiger partial charge on any atom is -1.00 e. The van der Waals surface area contributed by atoms with Crippen LogP contribution in [0.25, 0.3) is 0 Å². The normalized spacial score (nSPS) is 8.77. The molecule has 1 aromatic carbocycles. The lowest BCUT2D eigenvalue weighted by Crippen LogP contribution is -3.00. The molecule has 0 saturated heterocycles. The van der Waals surface area contributed by atoms with E-state index in [1.54, 1.807) is 12.1 Å². The highest BCUT2D eigenvalue weighted by atomic mass is 35.5. The topological polar surface area (TPSA) is 52.3 Å². The molecule has 1 aromatic rings. The van der Waals surface area contributed by atoms with Gasteiger partial charge >= 0.3 is 5.97 Å². The summed E-state index contributed by atoms with van der Waals surface area (Å²) in [4.78, 5) is 11.0. The van der Waals surface area contributed by atoms with Crippen LogP contribution in [0.5, 0.6) is 0 Å². The Labute approximate surface area is 83.3 Å². The van der Waals surface area contributed by atoms with Gasteiger partial charge in [0.25, 0.3) is 0 Å². The molecule has 0 fully saturated rings. The number of carbonyl (C=O) groups is 1. The molecule has 0 unspecified atom stereocenters. The molecule has 3 nitrogen and oxygen atoms in total. The number of carbonyl (C=O) groups excluding carboxylic acids is 1. The fourth-order valence-electron chi connectivity index (χ4n) is 0.895. The van der Waals surface area contributed by atoms with E-state index in [1.807, 2.05) is 12.1 Å². The Bertz CT molecular complexity index is 271. The van der Waals surface area contributed by atoms with Gasteiger partial charge in [-0.25, -0.2) is 4.79 Å². The Hall–Kier alpha value is -1.06. The van der Waals surface area contributed by atoms with Gasteiger partial charge in [-0.15, -0.1) is 0 Å². The van der Waals surface area contributed by atoms with Crippen molar-refractivity contribution >= 4 is 5.97 Å². The zero-order valence-corrected chi connectivity index (χ0v) is 8.04. The smallest absolute Gasteiger partial charge is 0.337 e. The molecule has 4 heteroatoms. The third kappa shape index (κ3) is 3.05. The molecule has 0 aromatic heterocycles. The van der Waals surface area contributed by atoms with Crippen LogP contribution in [-0.2, 0) is 11.3 Å². The maximum absolute atomic E-state index is 11.0. The fourth-order valence-corrected chi connectivity index (χ4v) is 0.895. The van der Waals surface area contributed by atoms with Crippen LogP contribution in [0.2, 0.25) is 0 Å². The van der Waals surface area contributed by atoms with Crippen molar-refractivity contribution in [3.8, 4) is 0 Å². The van der Waals surface area contributed by atoms with Crippen LogP contribution in [0, 0.1) is 0 Å². The Morgan fingerprint density at radius 2 is 1.92 bits per heavy atom. The molecule has 0 aliphatic carbocycles. The van der Waals surface area contributed by atoms with Crippen LogP contribution in [0.3, 0.4) is 0 Å². The van der Waals surface area contributed by atoms with Crippen LogP contribution in [0.1, 0.15) is 15.9 Å². The highest BCUT2D eigenvalue weighted by Gasteiger charge is 2.02. The molecular formula is C9H11ClNO2-. The second kappa shape index (κ2) is 5.56. The van der Waals surface area contributed by atoms with Crippen molar-refractivity contribution in [3.63, 3.8) is 0 Å².